The predicted molar refractivity (Wildman–Crippen MR) is 87.4 cm³/mol. The van der Waals surface area contributed by atoms with Gasteiger partial charge >= 0.3 is 0 Å². The molecule has 1 N–H and O–H groups in total. The quantitative estimate of drug-likeness (QED) is 0.934. The second-order valence-corrected chi connectivity index (χ2v) is 8.46. The molecular formula is C17H21N3O2S. The average Bonchev–Trinajstić information content (AvgIpc) is 3.04. The number of aromatic nitrogens is 2. The Hall–Kier alpha value is -1.66. The lowest BCUT2D eigenvalue weighted by molar-refractivity contribution is 0.386. The smallest absolute Gasteiger partial charge is 0.259 e. The fraction of sp³-hybridized carbons (Fsp3) is 0.471. The van der Waals surface area contributed by atoms with E-state index in [9.17, 15) is 8.42 Å². The van der Waals surface area contributed by atoms with Crippen LogP contribution in [0.3, 0.4) is 0 Å². The van der Waals surface area contributed by atoms with E-state index in [1.165, 1.54) is 17.5 Å². The molecule has 5 nitrogen and oxygen atoms in total. The van der Waals surface area contributed by atoms with Gasteiger partial charge in [0.2, 0.25) is 0 Å². The minimum atomic E-state index is -3.55. The Labute approximate surface area is 136 Å². The molecule has 2 aromatic rings. The number of sulfonamides is 1. The van der Waals surface area contributed by atoms with Gasteiger partial charge in [0, 0.05) is 19.3 Å². The number of hydrogen-bond acceptors (Lipinski definition) is 3. The van der Waals surface area contributed by atoms with Crippen LogP contribution in [0.15, 0.2) is 41.8 Å². The summed E-state index contributed by atoms with van der Waals surface area (Å²) in [6, 6.07) is 8.52. The number of nitrogens with one attached hydrogen (secondary N) is 1. The van der Waals surface area contributed by atoms with E-state index >= 15 is 0 Å². The summed E-state index contributed by atoms with van der Waals surface area (Å²) in [4.78, 5) is 4.00. The topological polar surface area (TPSA) is 64.0 Å². The van der Waals surface area contributed by atoms with E-state index in [0.29, 0.717) is 11.8 Å². The van der Waals surface area contributed by atoms with Crippen LogP contribution in [0.1, 0.15) is 24.0 Å². The molecule has 1 aromatic heterocycles. The standard InChI is InChI=1S/C17H21N3O2S/c1-20-10-16(18-11-20)23(21,22)19-17-14-6-7-15(17)9-13-5-3-2-4-12(13)8-14/h2-5,10-11,14-15,17,19H,6-9H2,1H3. The molecule has 6 heteroatoms. The predicted octanol–water partition coefficient (Wildman–Crippen LogP) is 1.89. The molecule has 2 bridgehead atoms. The number of fused-ring (bicyclic) bond motifs is 3. The molecule has 2 aliphatic carbocycles. The van der Waals surface area contributed by atoms with Gasteiger partial charge in [-0.05, 0) is 48.6 Å². The molecule has 0 saturated heterocycles. The van der Waals surface area contributed by atoms with Crippen LogP contribution in [-0.4, -0.2) is 24.0 Å². The summed E-state index contributed by atoms with van der Waals surface area (Å²) in [5.41, 5.74) is 2.75. The number of imidazole rings is 1. The highest BCUT2D eigenvalue weighted by Gasteiger charge is 2.41. The van der Waals surface area contributed by atoms with Gasteiger partial charge in [0.05, 0.1) is 6.33 Å². The molecule has 2 aliphatic rings. The summed E-state index contributed by atoms with van der Waals surface area (Å²) < 4.78 is 29.9. The molecule has 0 amide bonds. The van der Waals surface area contributed by atoms with E-state index in [1.807, 2.05) is 0 Å². The Kier molecular flexibility index (Phi) is 3.54. The largest absolute Gasteiger partial charge is 0.339 e. The maximum Gasteiger partial charge on any atom is 0.259 e. The summed E-state index contributed by atoms with van der Waals surface area (Å²) in [6.45, 7) is 0. The number of rotatable bonds is 3. The van der Waals surface area contributed by atoms with Crippen molar-refractivity contribution < 1.29 is 8.42 Å². The van der Waals surface area contributed by atoms with Crippen molar-refractivity contribution in [3.63, 3.8) is 0 Å². The second kappa shape index (κ2) is 5.46. The van der Waals surface area contributed by atoms with Crippen molar-refractivity contribution >= 4 is 10.0 Å². The highest BCUT2D eigenvalue weighted by Crippen LogP contribution is 2.40. The maximum atomic E-state index is 12.6. The van der Waals surface area contributed by atoms with Crippen molar-refractivity contribution in [2.45, 2.75) is 36.8 Å². The van der Waals surface area contributed by atoms with Gasteiger partial charge in [-0.25, -0.2) is 18.1 Å². The fourth-order valence-electron chi connectivity index (χ4n) is 4.11. The third-order valence-corrected chi connectivity index (χ3v) is 6.60. The number of benzene rings is 1. The third-order valence-electron chi connectivity index (χ3n) is 5.25. The van der Waals surface area contributed by atoms with Gasteiger partial charge in [-0.15, -0.1) is 0 Å². The van der Waals surface area contributed by atoms with Crippen LogP contribution in [0, 0.1) is 11.8 Å². The molecule has 0 spiro atoms. The van der Waals surface area contributed by atoms with Crippen molar-refractivity contribution in [3.8, 4) is 0 Å². The summed E-state index contributed by atoms with van der Waals surface area (Å²) in [5, 5.41) is 0.112. The number of hydrogen-bond donors (Lipinski definition) is 1. The lowest BCUT2D eigenvalue weighted by Gasteiger charge is -2.22. The zero-order valence-corrected chi connectivity index (χ0v) is 14.0. The first-order valence-corrected chi connectivity index (χ1v) is 9.58. The molecule has 1 saturated carbocycles. The van der Waals surface area contributed by atoms with Gasteiger partial charge in [0.15, 0.2) is 5.03 Å². The van der Waals surface area contributed by atoms with Gasteiger partial charge in [-0.1, -0.05) is 24.3 Å². The first-order valence-electron chi connectivity index (χ1n) is 8.10. The molecule has 2 unspecified atom stereocenters. The van der Waals surface area contributed by atoms with Crippen LogP contribution >= 0.6 is 0 Å². The summed E-state index contributed by atoms with van der Waals surface area (Å²) in [5.74, 6) is 0.754. The molecule has 1 fully saturated rings. The van der Waals surface area contributed by atoms with E-state index in [1.54, 1.807) is 17.8 Å². The molecule has 1 heterocycles. The van der Waals surface area contributed by atoms with Crippen LogP contribution in [0.4, 0.5) is 0 Å². The van der Waals surface area contributed by atoms with Crippen LogP contribution in [0.25, 0.3) is 0 Å². The Morgan fingerprint density at radius 1 is 1.13 bits per heavy atom. The zero-order chi connectivity index (χ0) is 16.0. The second-order valence-electron chi connectivity index (χ2n) is 6.80. The van der Waals surface area contributed by atoms with Gasteiger partial charge in [-0.2, -0.15) is 0 Å². The van der Waals surface area contributed by atoms with Crippen molar-refractivity contribution in [2.24, 2.45) is 18.9 Å². The molecule has 2 atom stereocenters. The highest BCUT2D eigenvalue weighted by molar-refractivity contribution is 7.89. The van der Waals surface area contributed by atoms with Crippen LogP contribution in [-0.2, 0) is 29.9 Å². The minimum Gasteiger partial charge on any atom is -0.339 e. The Morgan fingerprint density at radius 3 is 2.26 bits per heavy atom. The van der Waals surface area contributed by atoms with Gasteiger partial charge in [-0.3, -0.25) is 0 Å². The Balaban J connectivity index is 1.61. The van der Waals surface area contributed by atoms with E-state index in [-0.39, 0.29) is 11.1 Å². The fourth-order valence-corrected chi connectivity index (χ4v) is 5.47. The lowest BCUT2D eigenvalue weighted by atomic mass is 9.94. The molecule has 23 heavy (non-hydrogen) atoms. The van der Waals surface area contributed by atoms with E-state index < -0.39 is 10.0 Å². The zero-order valence-electron chi connectivity index (χ0n) is 13.1. The SMILES string of the molecule is Cn1cnc(S(=O)(=O)NC2C3CCC2Cc2ccccc2C3)c1. The summed E-state index contributed by atoms with van der Waals surface area (Å²) in [6.07, 6.45) is 7.18. The van der Waals surface area contributed by atoms with Crippen LogP contribution in [0.5, 0.6) is 0 Å². The molecule has 122 valence electrons. The maximum absolute atomic E-state index is 12.6. The number of nitrogens with zero attached hydrogens (tertiary/aromatic N) is 2. The van der Waals surface area contributed by atoms with E-state index in [2.05, 4.69) is 34.0 Å². The summed E-state index contributed by atoms with van der Waals surface area (Å²) >= 11 is 0. The van der Waals surface area contributed by atoms with Crippen molar-refractivity contribution in [3.05, 3.63) is 47.9 Å². The lowest BCUT2D eigenvalue weighted by Crippen LogP contribution is -2.41. The van der Waals surface area contributed by atoms with E-state index in [0.717, 1.165) is 25.7 Å². The van der Waals surface area contributed by atoms with Gasteiger partial charge < -0.3 is 4.57 Å². The normalized spacial score (nSPS) is 26.7. The van der Waals surface area contributed by atoms with E-state index in [4.69, 9.17) is 0 Å². The van der Waals surface area contributed by atoms with Crippen LogP contribution in [0.2, 0.25) is 0 Å². The molecule has 1 aromatic carbocycles. The average molecular weight is 331 g/mol. The first-order chi connectivity index (χ1) is 11.0. The number of aryl methyl sites for hydroxylation is 1. The first kappa shape index (κ1) is 14.9. The molecule has 4 rings (SSSR count). The third kappa shape index (κ3) is 2.70. The molecule has 0 aliphatic heterocycles. The minimum absolute atomic E-state index is 0.00871. The van der Waals surface area contributed by atoms with Gasteiger partial charge in [0.1, 0.15) is 0 Å². The van der Waals surface area contributed by atoms with Crippen LogP contribution < -0.4 is 4.72 Å². The van der Waals surface area contributed by atoms with Crippen molar-refractivity contribution in [1.82, 2.24) is 14.3 Å². The molecular weight excluding hydrogens is 310 g/mol. The van der Waals surface area contributed by atoms with Gasteiger partial charge in [0.25, 0.3) is 10.0 Å². The van der Waals surface area contributed by atoms with Crippen molar-refractivity contribution in [2.75, 3.05) is 0 Å². The van der Waals surface area contributed by atoms with Crippen molar-refractivity contribution in [1.29, 1.82) is 0 Å². The Bertz CT molecular complexity index is 795. The highest BCUT2D eigenvalue weighted by atomic mass is 32.2. The molecule has 0 radical (unpaired) electrons. The summed E-state index contributed by atoms with van der Waals surface area (Å²) in [7, 11) is -1.77. The Morgan fingerprint density at radius 2 is 1.74 bits per heavy atom. The monoisotopic (exact) mass is 331 g/mol.